The Kier molecular flexibility index (Phi) is 9.55. The van der Waals surface area contributed by atoms with Gasteiger partial charge in [0.05, 0.1) is 6.61 Å². The van der Waals surface area contributed by atoms with E-state index in [9.17, 15) is 0 Å². The van der Waals surface area contributed by atoms with E-state index < -0.39 is 0 Å². The summed E-state index contributed by atoms with van der Waals surface area (Å²) in [7, 11) is 3.90. The molecule has 1 rings (SSSR count). The van der Waals surface area contributed by atoms with Gasteiger partial charge in [-0.3, -0.25) is 4.99 Å². The van der Waals surface area contributed by atoms with Crippen LogP contribution in [0.2, 0.25) is 0 Å². The molecule has 0 aromatic heterocycles. The molecule has 5 heteroatoms. The lowest BCUT2D eigenvalue weighted by atomic mass is 10.2. The van der Waals surface area contributed by atoms with Crippen LogP contribution in [-0.2, 0) is 6.54 Å². The van der Waals surface area contributed by atoms with Crippen LogP contribution in [0.25, 0.3) is 0 Å². The highest BCUT2D eigenvalue weighted by molar-refractivity contribution is 7.98. The van der Waals surface area contributed by atoms with E-state index >= 15 is 0 Å². The third kappa shape index (κ3) is 7.07. The minimum Gasteiger partial charge on any atom is -0.494 e. The lowest BCUT2D eigenvalue weighted by Gasteiger charge is -2.22. The highest BCUT2D eigenvalue weighted by atomic mass is 32.2. The maximum absolute atomic E-state index is 5.47. The van der Waals surface area contributed by atoms with Crippen molar-refractivity contribution in [2.75, 3.05) is 39.3 Å². The first-order valence-corrected chi connectivity index (χ1v) is 9.23. The van der Waals surface area contributed by atoms with Crippen LogP contribution in [0.15, 0.2) is 29.3 Å². The van der Waals surface area contributed by atoms with Crippen molar-refractivity contribution >= 4 is 17.7 Å². The maximum atomic E-state index is 5.47. The van der Waals surface area contributed by atoms with Gasteiger partial charge in [-0.25, -0.2) is 0 Å². The number of ether oxygens (including phenoxy) is 1. The predicted molar refractivity (Wildman–Crippen MR) is 98.1 cm³/mol. The third-order valence-electron chi connectivity index (χ3n) is 3.29. The zero-order chi connectivity index (χ0) is 16.2. The van der Waals surface area contributed by atoms with Crippen molar-refractivity contribution < 1.29 is 4.74 Å². The topological polar surface area (TPSA) is 36.9 Å². The number of nitrogens with zero attached hydrogens (tertiary/aromatic N) is 2. The van der Waals surface area contributed by atoms with E-state index in [1.807, 2.05) is 37.9 Å². The molecule has 0 unspecified atom stereocenters. The Balaban J connectivity index is 2.42. The normalized spacial score (nSPS) is 11.4. The lowest BCUT2D eigenvalue weighted by Crippen LogP contribution is -2.38. The molecule has 0 saturated carbocycles. The summed E-state index contributed by atoms with van der Waals surface area (Å²) in [5.41, 5.74) is 1.25. The molecule has 22 heavy (non-hydrogen) atoms. The Morgan fingerprint density at radius 2 is 2.00 bits per heavy atom. The monoisotopic (exact) mass is 323 g/mol. The number of hydrogen-bond acceptors (Lipinski definition) is 3. The molecule has 0 bridgehead atoms. The van der Waals surface area contributed by atoms with Gasteiger partial charge in [0.15, 0.2) is 5.96 Å². The Morgan fingerprint density at radius 1 is 1.27 bits per heavy atom. The van der Waals surface area contributed by atoms with Gasteiger partial charge in [-0.15, -0.1) is 0 Å². The number of aliphatic imine (C=N–C) groups is 1. The molecule has 4 nitrogen and oxygen atoms in total. The highest BCUT2D eigenvalue weighted by Gasteiger charge is 2.06. The summed E-state index contributed by atoms with van der Waals surface area (Å²) in [6.45, 7) is 4.50. The molecule has 1 aromatic rings. The molecule has 0 heterocycles. The van der Waals surface area contributed by atoms with Gasteiger partial charge < -0.3 is 15.0 Å². The molecule has 0 aliphatic carbocycles. The molecule has 0 saturated heterocycles. The molecule has 0 radical (unpaired) electrons. The van der Waals surface area contributed by atoms with E-state index in [4.69, 9.17) is 4.74 Å². The molecule has 0 aliphatic heterocycles. The van der Waals surface area contributed by atoms with E-state index in [0.29, 0.717) is 6.61 Å². The Bertz CT molecular complexity index is 434. The number of unbranched alkanes of at least 4 members (excludes halogenated alkanes) is 1. The lowest BCUT2D eigenvalue weighted by molar-refractivity contribution is 0.340. The average molecular weight is 324 g/mol. The smallest absolute Gasteiger partial charge is 0.193 e. The van der Waals surface area contributed by atoms with Crippen molar-refractivity contribution in [3.63, 3.8) is 0 Å². The number of hydrogen-bond donors (Lipinski definition) is 1. The van der Waals surface area contributed by atoms with Crippen LogP contribution in [0.5, 0.6) is 5.75 Å². The number of thioether (sulfide) groups is 1. The third-order valence-corrected chi connectivity index (χ3v) is 3.98. The second-order valence-corrected chi connectivity index (χ2v) is 6.09. The molecule has 1 aromatic carbocycles. The van der Waals surface area contributed by atoms with Gasteiger partial charge in [0.1, 0.15) is 5.75 Å². The summed E-state index contributed by atoms with van der Waals surface area (Å²) in [4.78, 5) is 6.49. The molecule has 0 atom stereocenters. The SMILES string of the molecule is CCOc1ccc(CN(C)C(=NC)NCCCCSC)cc1. The minimum absolute atomic E-state index is 0.701. The van der Waals surface area contributed by atoms with E-state index in [1.165, 1.54) is 24.2 Å². The quantitative estimate of drug-likeness (QED) is 0.430. The zero-order valence-electron chi connectivity index (χ0n) is 14.3. The van der Waals surface area contributed by atoms with Gasteiger partial charge in [-0.1, -0.05) is 12.1 Å². The Labute approximate surface area is 139 Å². The van der Waals surface area contributed by atoms with Crippen molar-refractivity contribution in [3.05, 3.63) is 29.8 Å². The maximum Gasteiger partial charge on any atom is 0.193 e. The van der Waals surface area contributed by atoms with Crippen LogP contribution in [0.3, 0.4) is 0 Å². The number of guanidine groups is 1. The first-order valence-electron chi connectivity index (χ1n) is 7.83. The fraction of sp³-hybridized carbons (Fsp3) is 0.588. The first kappa shape index (κ1) is 18.7. The van der Waals surface area contributed by atoms with Crippen LogP contribution in [0.4, 0.5) is 0 Å². The second kappa shape index (κ2) is 11.2. The first-order chi connectivity index (χ1) is 10.7. The minimum atomic E-state index is 0.701. The molecular weight excluding hydrogens is 294 g/mol. The summed E-state index contributed by atoms with van der Waals surface area (Å²) in [6.07, 6.45) is 4.57. The molecule has 0 spiro atoms. The van der Waals surface area contributed by atoms with Crippen LogP contribution in [0.1, 0.15) is 25.3 Å². The summed E-state index contributed by atoms with van der Waals surface area (Å²) in [6, 6.07) is 8.25. The van der Waals surface area contributed by atoms with Crippen molar-refractivity contribution in [1.82, 2.24) is 10.2 Å². The fourth-order valence-electron chi connectivity index (χ4n) is 2.16. The molecule has 124 valence electrons. The number of rotatable bonds is 9. The van der Waals surface area contributed by atoms with Gasteiger partial charge in [0.25, 0.3) is 0 Å². The van der Waals surface area contributed by atoms with Gasteiger partial charge >= 0.3 is 0 Å². The van der Waals surface area contributed by atoms with Gasteiger partial charge in [0, 0.05) is 27.2 Å². The standard InChI is InChI=1S/C17H29N3OS/c1-5-21-16-10-8-15(9-11-16)14-20(3)17(18-2)19-12-6-7-13-22-4/h8-11H,5-7,12-14H2,1-4H3,(H,18,19). The van der Waals surface area contributed by atoms with E-state index in [0.717, 1.165) is 24.8 Å². The van der Waals surface area contributed by atoms with Crippen molar-refractivity contribution in [1.29, 1.82) is 0 Å². The molecule has 0 aliphatic rings. The van der Waals surface area contributed by atoms with Crippen LogP contribution >= 0.6 is 11.8 Å². The Morgan fingerprint density at radius 3 is 2.59 bits per heavy atom. The Hall–Kier alpha value is -1.36. The number of nitrogens with one attached hydrogen (secondary N) is 1. The highest BCUT2D eigenvalue weighted by Crippen LogP contribution is 2.13. The van der Waals surface area contributed by atoms with Crippen LogP contribution in [0, 0.1) is 0 Å². The summed E-state index contributed by atoms with van der Waals surface area (Å²) in [5.74, 6) is 3.09. The largest absolute Gasteiger partial charge is 0.494 e. The molecular formula is C17H29N3OS. The molecule has 0 fully saturated rings. The zero-order valence-corrected chi connectivity index (χ0v) is 15.1. The van der Waals surface area contributed by atoms with Gasteiger partial charge in [-0.05, 0) is 49.5 Å². The average Bonchev–Trinajstić information content (AvgIpc) is 2.53. The van der Waals surface area contributed by atoms with Gasteiger partial charge in [0.2, 0.25) is 0 Å². The second-order valence-electron chi connectivity index (χ2n) is 5.11. The van der Waals surface area contributed by atoms with E-state index in [2.05, 4.69) is 40.6 Å². The van der Waals surface area contributed by atoms with Crippen molar-refractivity contribution in [2.24, 2.45) is 4.99 Å². The molecule has 0 amide bonds. The van der Waals surface area contributed by atoms with Crippen molar-refractivity contribution in [3.8, 4) is 5.75 Å². The predicted octanol–water partition coefficient (Wildman–Crippen LogP) is 3.24. The molecule has 1 N–H and O–H groups in total. The van der Waals surface area contributed by atoms with Gasteiger partial charge in [-0.2, -0.15) is 11.8 Å². The summed E-state index contributed by atoms with van der Waals surface area (Å²) in [5, 5.41) is 3.42. The van der Waals surface area contributed by atoms with E-state index in [-0.39, 0.29) is 0 Å². The number of benzene rings is 1. The fourth-order valence-corrected chi connectivity index (χ4v) is 2.66. The summed E-state index contributed by atoms with van der Waals surface area (Å²) >= 11 is 1.90. The van der Waals surface area contributed by atoms with Crippen LogP contribution < -0.4 is 10.1 Å². The van der Waals surface area contributed by atoms with E-state index in [1.54, 1.807) is 0 Å². The summed E-state index contributed by atoms with van der Waals surface area (Å²) < 4.78 is 5.47. The van der Waals surface area contributed by atoms with Crippen LogP contribution in [-0.4, -0.2) is 50.1 Å². The van der Waals surface area contributed by atoms with Crippen molar-refractivity contribution in [2.45, 2.75) is 26.3 Å².